The third-order valence-corrected chi connectivity index (χ3v) is 3.17. The molecule has 0 bridgehead atoms. The maximum Gasteiger partial charge on any atom is 0.313 e. The number of halogens is 3. The second-order valence-corrected chi connectivity index (χ2v) is 5.31. The average Bonchev–Trinajstić information content (AvgIpc) is 2.30. The molecule has 2 rings (SSSR count). The summed E-state index contributed by atoms with van der Waals surface area (Å²) in [5.74, 6) is 0.346. The quantitative estimate of drug-likeness (QED) is 0.538. The second kappa shape index (κ2) is 5.77. The summed E-state index contributed by atoms with van der Waals surface area (Å²) in [7, 11) is 0. The zero-order valence-corrected chi connectivity index (χ0v) is 12.4. The first-order valence-corrected chi connectivity index (χ1v) is 6.59. The molecule has 7 heteroatoms. The third kappa shape index (κ3) is 3.37. The molecule has 2 aromatic rings. The first kappa shape index (κ1) is 14.1. The van der Waals surface area contributed by atoms with E-state index >= 15 is 0 Å². The molecule has 0 unspecified atom stereocenters. The Labute approximate surface area is 127 Å². The molecule has 0 heterocycles. The minimum atomic E-state index is -0.555. The second-order valence-electron chi connectivity index (χ2n) is 3.55. The van der Waals surface area contributed by atoms with Crippen molar-refractivity contribution in [3.8, 4) is 11.5 Å². The SMILES string of the molecule is O=[N+]([O-])c1cccc(Cl)c1Oc1cc(Cl)cc(Br)c1. The lowest BCUT2D eigenvalue weighted by Crippen LogP contribution is -1.94. The van der Waals surface area contributed by atoms with E-state index in [9.17, 15) is 10.1 Å². The van der Waals surface area contributed by atoms with E-state index in [0.29, 0.717) is 15.2 Å². The van der Waals surface area contributed by atoms with E-state index in [1.165, 1.54) is 18.2 Å². The van der Waals surface area contributed by atoms with Gasteiger partial charge in [0.15, 0.2) is 0 Å². The molecular weight excluding hydrogens is 357 g/mol. The van der Waals surface area contributed by atoms with Crippen molar-refractivity contribution in [2.45, 2.75) is 0 Å². The van der Waals surface area contributed by atoms with Crippen LogP contribution >= 0.6 is 39.1 Å². The van der Waals surface area contributed by atoms with Gasteiger partial charge in [0, 0.05) is 15.6 Å². The van der Waals surface area contributed by atoms with E-state index in [4.69, 9.17) is 27.9 Å². The Bertz CT molecular complexity index is 629. The first-order chi connectivity index (χ1) is 8.97. The Morgan fingerprint density at radius 3 is 2.58 bits per heavy atom. The van der Waals surface area contributed by atoms with Crippen LogP contribution in [0.3, 0.4) is 0 Å². The van der Waals surface area contributed by atoms with Crippen molar-refractivity contribution in [2.24, 2.45) is 0 Å². The maximum absolute atomic E-state index is 10.9. The largest absolute Gasteiger partial charge is 0.448 e. The molecule has 0 aliphatic rings. The van der Waals surface area contributed by atoms with E-state index in [-0.39, 0.29) is 16.5 Å². The van der Waals surface area contributed by atoms with Crippen LogP contribution < -0.4 is 4.74 Å². The van der Waals surface area contributed by atoms with Crippen molar-refractivity contribution in [2.75, 3.05) is 0 Å². The highest BCUT2D eigenvalue weighted by Gasteiger charge is 2.19. The zero-order chi connectivity index (χ0) is 14.0. The van der Waals surface area contributed by atoms with E-state index in [0.717, 1.165) is 0 Å². The normalized spacial score (nSPS) is 10.3. The van der Waals surface area contributed by atoms with Gasteiger partial charge in [-0.3, -0.25) is 10.1 Å². The number of hydrogen-bond donors (Lipinski definition) is 0. The molecule has 2 aromatic carbocycles. The summed E-state index contributed by atoms with van der Waals surface area (Å²) in [5, 5.41) is 11.5. The molecular formula is C12H6BrCl2NO3. The molecule has 0 saturated carbocycles. The lowest BCUT2D eigenvalue weighted by Gasteiger charge is -2.08. The summed E-state index contributed by atoms with van der Waals surface area (Å²) < 4.78 is 6.17. The summed E-state index contributed by atoms with van der Waals surface area (Å²) in [6.45, 7) is 0. The topological polar surface area (TPSA) is 52.4 Å². The summed E-state index contributed by atoms with van der Waals surface area (Å²) in [6.07, 6.45) is 0. The van der Waals surface area contributed by atoms with Gasteiger partial charge in [0.1, 0.15) is 5.75 Å². The van der Waals surface area contributed by atoms with Gasteiger partial charge in [0.05, 0.1) is 9.95 Å². The summed E-state index contributed by atoms with van der Waals surface area (Å²) in [4.78, 5) is 10.4. The minimum Gasteiger partial charge on any atom is -0.448 e. The molecule has 0 saturated heterocycles. The molecule has 4 nitrogen and oxygen atoms in total. The molecule has 0 aliphatic carbocycles. The molecule has 0 aromatic heterocycles. The standard InChI is InChI=1S/C12H6BrCl2NO3/c13-7-4-8(14)6-9(5-7)19-12-10(15)2-1-3-11(12)16(17)18/h1-6H. The van der Waals surface area contributed by atoms with Crippen molar-refractivity contribution in [3.63, 3.8) is 0 Å². The highest BCUT2D eigenvalue weighted by atomic mass is 79.9. The predicted octanol–water partition coefficient (Wildman–Crippen LogP) is 5.46. The molecule has 0 aliphatic heterocycles. The molecule has 0 N–H and O–H groups in total. The monoisotopic (exact) mass is 361 g/mol. The molecule has 0 spiro atoms. The van der Waals surface area contributed by atoms with Crippen LogP contribution in [-0.4, -0.2) is 4.92 Å². The van der Waals surface area contributed by atoms with Crippen molar-refractivity contribution < 1.29 is 9.66 Å². The number of rotatable bonds is 3. The van der Waals surface area contributed by atoms with Gasteiger partial charge in [-0.15, -0.1) is 0 Å². The Morgan fingerprint density at radius 2 is 1.95 bits per heavy atom. The van der Waals surface area contributed by atoms with Crippen LogP contribution in [0, 0.1) is 10.1 Å². The van der Waals surface area contributed by atoms with Crippen molar-refractivity contribution in [1.82, 2.24) is 0 Å². The van der Waals surface area contributed by atoms with Gasteiger partial charge in [-0.25, -0.2) is 0 Å². The van der Waals surface area contributed by atoms with Crippen LogP contribution in [-0.2, 0) is 0 Å². The fourth-order valence-corrected chi connectivity index (χ4v) is 2.48. The zero-order valence-electron chi connectivity index (χ0n) is 9.27. The number of nitro benzene ring substituents is 1. The molecule has 0 atom stereocenters. The molecule has 0 amide bonds. The smallest absolute Gasteiger partial charge is 0.313 e. The minimum absolute atomic E-state index is 0.0108. The van der Waals surface area contributed by atoms with Gasteiger partial charge >= 0.3 is 5.69 Å². The Kier molecular flexibility index (Phi) is 4.29. The Morgan fingerprint density at radius 1 is 1.21 bits per heavy atom. The van der Waals surface area contributed by atoms with Gasteiger partial charge in [-0.2, -0.15) is 0 Å². The van der Waals surface area contributed by atoms with Gasteiger partial charge in [0.25, 0.3) is 0 Å². The van der Waals surface area contributed by atoms with Crippen molar-refractivity contribution >= 4 is 44.8 Å². The number of nitro groups is 1. The highest BCUT2D eigenvalue weighted by Crippen LogP contribution is 2.38. The molecule has 19 heavy (non-hydrogen) atoms. The van der Waals surface area contributed by atoms with Crippen LogP contribution in [0.2, 0.25) is 10.0 Å². The van der Waals surface area contributed by atoms with E-state index < -0.39 is 4.92 Å². The van der Waals surface area contributed by atoms with E-state index in [1.807, 2.05) is 0 Å². The van der Waals surface area contributed by atoms with Crippen LogP contribution in [0.5, 0.6) is 11.5 Å². The van der Waals surface area contributed by atoms with Crippen molar-refractivity contribution in [1.29, 1.82) is 0 Å². The number of para-hydroxylation sites is 1. The summed E-state index contributed by atoms with van der Waals surface area (Å²) >= 11 is 15.1. The predicted molar refractivity (Wildman–Crippen MR) is 77.3 cm³/mol. The Hall–Kier alpha value is -1.30. The van der Waals surface area contributed by atoms with E-state index in [2.05, 4.69) is 15.9 Å². The highest BCUT2D eigenvalue weighted by molar-refractivity contribution is 9.10. The lowest BCUT2D eigenvalue weighted by atomic mass is 10.3. The van der Waals surface area contributed by atoms with Crippen LogP contribution in [0.4, 0.5) is 5.69 Å². The Balaban J connectivity index is 2.45. The number of nitrogens with zero attached hydrogens (tertiary/aromatic N) is 1. The summed E-state index contributed by atoms with van der Waals surface area (Å²) in [6, 6.07) is 9.18. The molecule has 0 radical (unpaired) electrons. The average molecular weight is 363 g/mol. The van der Waals surface area contributed by atoms with E-state index in [1.54, 1.807) is 18.2 Å². The van der Waals surface area contributed by atoms with Crippen molar-refractivity contribution in [3.05, 3.63) is 61.0 Å². The molecule has 98 valence electrons. The van der Waals surface area contributed by atoms with Crippen LogP contribution in [0.1, 0.15) is 0 Å². The maximum atomic E-state index is 10.9. The van der Waals surface area contributed by atoms with Crippen LogP contribution in [0.25, 0.3) is 0 Å². The summed E-state index contributed by atoms with van der Waals surface area (Å²) in [5.41, 5.74) is -0.205. The van der Waals surface area contributed by atoms with Gasteiger partial charge in [-0.1, -0.05) is 45.2 Å². The number of benzene rings is 2. The first-order valence-electron chi connectivity index (χ1n) is 5.04. The number of hydrogen-bond acceptors (Lipinski definition) is 3. The van der Waals surface area contributed by atoms with Gasteiger partial charge in [-0.05, 0) is 24.3 Å². The van der Waals surface area contributed by atoms with Gasteiger partial charge < -0.3 is 4.74 Å². The van der Waals surface area contributed by atoms with Gasteiger partial charge in [0.2, 0.25) is 5.75 Å². The van der Waals surface area contributed by atoms with Crippen LogP contribution in [0.15, 0.2) is 40.9 Å². The number of ether oxygens (including phenoxy) is 1. The third-order valence-electron chi connectivity index (χ3n) is 2.20. The molecule has 0 fully saturated rings. The fourth-order valence-electron chi connectivity index (χ4n) is 1.45. The fraction of sp³-hybridized carbons (Fsp3) is 0. The lowest BCUT2D eigenvalue weighted by molar-refractivity contribution is -0.385.